The summed E-state index contributed by atoms with van der Waals surface area (Å²) in [7, 11) is 0. The number of rotatable bonds is 6. The molecule has 3 rings (SSSR count). The number of nitrogens with one attached hydrogen (secondary N) is 1. The summed E-state index contributed by atoms with van der Waals surface area (Å²) in [4.78, 5) is 11.6. The number of aryl methyl sites for hydroxylation is 1. The average Bonchev–Trinajstić information content (AvgIpc) is 2.93. The molecule has 1 N–H and O–H groups in total. The molecular weight excluding hydrogens is 326 g/mol. The molecule has 0 saturated carbocycles. The van der Waals surface area contributed by atoms with Crippen LogP contribution in [0.15, 0.2) is 24.3 Å². The van der Waals surface area contributed by atoms with E-state index < -0.39 is 0 Å². The molecule has 1 aliphatic heterocycles. The third kappa shape index (κ3) is 3.97. The fourth-order valence-corrected chi connectivity index (χ4v) is 3.17. The molecular formula is C18H22ClN3O2. The van der Waals surface area contributed by atoms with Crippen molar-refractivity contribution in [2.45, 2.75) is 39.3 Å². The highest BCUT2D eigenvalue weighted by Crippen LogP contribution is 2.22. The molecule has 5 nitrogen and oxygen atoms in total. The summed E-state index contributed by atoms with van der Waals surface area (Å²) in [5.41, 5.74) is 4.76. The molecule has 0 amide bonds. The van der Waals surface area contributed by atoms with Gasteiger partial charge in [0, 0.05) is 42.2 Å². The van der Waals surface area contributed by atoms with Crippen molar-refractivity contribution in [1.82, 2.24) is 15.1 Å². The number of benzene rings is 1. The second kappa shape index (κ2) is 7.81. The van der Waals surface area contributed by atoms with E-state index in [1.165, 1.54) is 16.8 Å². The Balaban J connectivity index is 1.79. The first-order chi connectivity index (χ1) is 11.7. The van der Waals surface area contributed by atoms with E-state index in [0.29, 0.717) is 19.6 Å². The van der Waals surface area contributed by atoms with Gasteiger partial charge in [0.05, 0.1) is 25.3 Å². The Hall–Kier alpha value is -1.85. The van der Waals surface area contributed by atoms with Crippen LogP contribution in [0.5, 0.6) is 0 Å². The third-order valence-corrected chi connectivity index (χ3v) is 4.46. The summed E-state index contributed by atoms with van der Waals surface area (Å²) in [5.74, 6) is -0.171. The molecule has 2 aromatic rings. The van der Waals surface area contributed by atoms with E-state index in [1.54, 1.807) is 0 Å². The molecule has 1 aromatic carbocycles. The largest absolute Gasteiger partial charge is 0.466 e. The predicted molar refractivity (Wildman–Crippen MR) is 93.1 cm³/mol. The third-order valence-electron chi connectivity index (χ3n) is 4.21. The lowest BCUT2D eigenvalue weighted by atomic mass is 10.0. The molecule has 0 radical (unpaired) electrons. The van der Waals surface area contributed by atoms with Crippen molar-refractivity contribution < 1.29 is 9.53 Å². The average molecular weight is 348 g/mol. The molecule has 24 heavy (non-hydrogen) atoms. The minimum Gasteiger partial charge on any atom is -0.466 e. The van der Waals surface area contributed by atoms with E-state index in [-0.39, 0.29) is 5.97 Å². The zero-order valence-corrected chi connectivity index (χ0v) is 14.6. The molecule has 0 bridgehead atoms. The van der Waals surface area contributed by atoms with Gasteiger partial charge in [-0.05, 0) is 24.6 Å². The van der Waals surface area contributed by atoms with Crippen molar-refractivity contribution in [2.24, 2.45) is 0 Å². The number of carbonyl (C=O) groups is 1. The predicted octanol–water partition coefficient (Wildman–Crippen LogP) is 2.73. The molecule has 0 spiro atoms. The highest BCUT2D eigenvalue weighted by molar-refractivity contribution is 6.30. The lowest BCUT2D eigenvalue weighted by Gasteiger charge is -2.15. The van der Waals surface area contributed by atoms with Crippen molar-refractivity contribution >= 4 is 17.6 Å². The summed E-state index contributed by atoms with van der Waals surface area (Å²) in [6, 6.07) is 7.86. The highest BCUT2D eigenvalue weighted by Gasteiger charge is 2.21. The Morgan fingerprint density at radius 3 is 2.92 bits per heavy atom. The highest BCUT2D eigenvalue weighted by atomic mass is 35.5. The van der Waals surface area contributed by atoms with Gasteiger partial charge in [-0.15, -0.1) is 0 Å². The van der Waals surface area contributed by atoms with Crippen LogP contribution in [0.1, 0.15) is 35.9 Å². The molecule has 0 aliphatic carbocycles. The van der Waals surface area contributed by atoms with Gasteiger partial charge < -0.3 is 10.1 Å². The van der Waals surface area contributed by atoms with Crippen LogP contribution in [0.3, 0.4) is 0 Å². The fraction of sp³-hybridized carbons (Fsp3) is 0.444. The molecule has 6 heteroatoms. The summed E-state index contributed by atoms with van der Waals surface area (Å²) < 4.78 is 7.00. The standard InChI is InChI=1S/C18H22ClN3O2/c1-2-24-18(23)8-10-22-17-7-9-20-12-15(17)16(21-22)11-13-3-5-14(19)6-4-13/h3-6,20H,2,7-12H2,1H3. The van der Waals surface area contributed by atoms with Crippen LogP contribution in [-0.4, -0.2) is 28.9 Å². The number of carbonyl (C=O) groups excluding carboxylic acids is 1. The van der Waals surface area contributed by atoms with E-state index in [4.69, 9.17) is 21.4 Å². The van der Waals surface area contributed by atoms with Crippen LogP contribution in [-0.2, 0) is 35.5 Å². The molecule has 2 heterocycles. The molecule has 0 atom stereocenters. The van der Waals surface area contributed by atoms with E-state index in [0.717, 1.165) is 36.6 Å². The van der Waals surface area contributed by atoms with Gasteiger partial charge in [0.25, 0.3) is 0 Å². The lowest BCUT2D eigenvalue weighted by molar-refractivity contribution is -0.143. The number of ether oxygens (including phenoxy) is 1. The maximum absolute atomic E-state index is 11.6. The second-order valence-corrected chi connectivity index (χ2v) is 6.32. The SMILES string of the molecule is CCOC(=O)CCn1nc(Cc2ccc(Cl)cc2)c2c1CCNC2. The lowest BCUT2D eigenvalue weighted by Crippen LogP contribution is -2.25. The number of fused-ring (bicyclic) bond motifs is 1. The first kappa shape index (κ1) is 17.0. The molecule has 1 aromatic heterocycles. The van der Waals surface area contributed by atoms with Crippen LogP contribution in [0.4, 0.5) is 0 Å². The molecule has 0 fully saturated rings. The minimum absolute atomic E-state index is 0.171. The Morgan fingerprint density at radius 1 is 1.38 bits per heavy atom. The molecule has 0 saturated heterocycles. The van der Waals surface area contributed by atoms with Gasteiger partial charge in [-0.3, -0.25) is 9.48 Å². The van der Waals surface area contributed by atoms with Gasteiger partial charge in [0.2, 0.25) is 0 Å². The van der Waals surface area contributed by atoms with Gasteiger partial charge in [-0.2, -0.15) is 5.10 Å². The normalized spacial score (nSPS) is 13.6. The number of nitrogens with zero attached hydrogens (tertiary/aromatic N) is 2. The Kier molecular flexibility index (Phi) is 5.53. The van der Waals surface area contributed by atoms with Crippen LogP contribution in [0.2, 0.25) is 5.02 Å². The maximum atomic E-state index is 11.6. The molecule has 128 valence electrons. The fourth-order valence-electron chi connectivity index (χ4n) is 3.05. The quantitative estimate of drug-likeness (QED) is 0.816. The van der Waals surface area contributed by atoms with Gasteiger partial charge in [-0.1, -0.05) is 23.7 Å². The monoisotopic (exact) mass is 347 g/mol. The number of halogens is 1. The van der Waals surface area contributed by atoms with Crippen molar-refractivity contribution in [3.05, 3.63) is 51.8 Å². The van der Waals surface area contributed by atoms with Gasteiger partial charge in [-0.25, -0.2) is 0 Å². The number of esters is 1. The maximum Gasteiger partial charge on any atom is 0.307 e. The number of aromatic nitrogens is 2. The number of hydrogen-bond acceptors (Lipinski definition) is 4. The smallest absolute Gasteiger partial charge is 0.307 e. The summed E-state index contributed by atoms with van der Waals surface area (Å²) >= 11 is 5.96. The van der Waals surface area contributed by atoms with Crippen molar-refractivity contribution in [2.75, 3.05) is 13.2 Å². The van der Waals surface area contributed by atoms with Crippen molar-refractivity contribution in [1.29, 1.82) is 0 Å². The summed E-state index contributed by atoms with van der Waals surface area (Å²) in [6.45, 7) is 4.59. The van der Waals surface area contributed by atoms with Crippen LogP contribution in [0.25, 0.3) is 0 Å². The minimum atomic E-state index is -0.171. The zero-order valence-electron chi connectivity index (χ0n) is 13.8. The first-order valence-electron chi connectivity index (χ1n) is 8.35. The first-order valence-corrected chi connectivity index (χ1v) is 8.73. The van der Waals surface area contributed by atoms with E-state index in [2.05, 4.69) is 5.32 Å². The van der Waals surface area contributed by atoms with Gasteiger partial charge in [0.1, 0.15) is 0 Å². The Labute approximate surface area is 147 Å². The topological polar surface area (TPSA) is 56.2 Å². The van der Waals surface area contributed by atoms with Crippen LogP contribution in [0, 0.1) is 0 Å². The Morgan fingerprint density at radius 2 is 2.17 bits per heavy atom. The summed E-state index contributed by atoms with van der Waals surface area (Å²) in [5, 5.41) is 8.92. The van der Waals surface area contributed by atoms with Crippen molar-refractivity contribution in [3.63, 3.8) is 0 Å². The molecule has 1 aliphatic rings. The van der Waals surface area contributed by atoms with Gasteiger partial charge in [0.15, 0.2) is 0 Å². The van der Waals surface area contributed by atoms with E-state index >= 15 is 0 Å². The summed E-state index contributed by atoms with van der Waals surface area (Å²) in [6.07, 6.45) is 2.06. The van der Waals surface area contributed by atoms with Gasteiger partial charge >= 0.3 is 5.97 Å². The van der Waals surface area contributed by atoms with Crippen LogP contribution < -0.4 is 5.32 Å². The van der Waals surface area contributed by atoms with Crippen molar-refractivity contribution in [3.8, 4) is 0 Å². The second-order valence-electron chi connectivity index (χ2n) is 5.88. The zero-order chi connectivity index (χ0) is 16.9. The van der Waals surface area contributed by atoms with E-state index in [1.807, 2.05) is 35.9 Å². The van der Waals surface area contributed by atoms with Crippen LogP contribution >= 0.6 is 11.6 Å². The van der Waals surface area contributed by atoms with E-state index in [9.17, 15) is 4.79 Å². The Bertz CT molecular complexity index is 710. The molecule has 0 unspecified atom stereocenters. The number of hydrogen-bond donors (Lipinski definition) is 1.